The topological polar surface area (TPSA) is 237 Å². The molecule has 0 aliphatic carbocycles. The first kappa shape index (κ1) is 92.5. The van der Waals surface area contributed by atoms with Gasteiger partial charge in [0.2, 0.25) is 0 Å². The van der Waals surface area contributed by atoms with Crippen LogP contribution in [-0.2, 0) is 65.4 Å². The third kappa shape index (κ3) is 69.0. The second-order valence-corrected chi connectivity index (χ2v) is 28.5. The molecule has 0 aromatic heterocycles. The van der Waals surface area contributed by atoms with Crippen LogP contribution in [0.5, 0.6) is 0 Å². The number of phosphoric ester groups is 2. The zero-order valence-electron chi connectivity index (χ0n) is 60.8. The second-order valence-electron chi connectivity index (χ2n) is 25.6. The summed E-state index contributed by atoms with van der Waals surface area (Å²) in [6, 6.07) is 0. The van der Waals surface area contributed by atoms with Crippen molar-refractivity contribution in [3.63, 3.8) is 0 Å². The number of phosphoric acid groups is 2. The molecule has 0 rings (SSSR count). The minimum atomic E-state index is -4.97. The Morgan fingerprint density at radius 2 is 0.521 bits per heavy atom. The number of aliphatic hydroxyl groups is 1. The number of rotatable bonds is 72. The number of allylic oxidation sites excluding steroid dienone is 12. The van der Waals surface area contributed by atoms with Gasteiger partial charge in [-0.1, -0.05) is 268 Å². The summed E-state index contributed by atoms with van der Waals surface area (Å²) in [6.45, 7) is 4.77. The molecule has 0 saturated carbocycles. The van der Waals surface area contributed by atoms with Gasteiger partial charge in [-0.15, -0.1) is 0 Å². The number of hydrogen-bond donors (Lipinski definition) is 3. The lowest BCUT2D eigenvalue weighted by Gasteiger charge is -2.21. The van der Waals surface area contributed by atoms with E-state index in [0.29, 0.717) is 25.7 Å². The van der Waals surface area contributed by atoms with E-state index in [1.165, 1.54) is 89.9 Å². The van der Waals surface area contributed by atoms with E-state index in [-0.39, 0.29) is 25.7 Å². The maximum Gasteiger partial charge on any atom is 0.472 e. The van der Waals surface area contributed by atoms with Gasteiger partial charge in [0.1, 0.15) is 19.3 Å². The van der Waals surface area contributed by atoms with Gasteiger partial charge in [-0.3, -0.25) is 37.3 Å². The van der Waals surface area contributed by atoms with Crippen LogP contribution in [0, 0.1) is 0 Å². The van der Waals surface area contributed by atoms with Gasteiger partial charge in [-0.25, -0.2) is 9.13 Å². The summed E-state index contributed by atoms with van der Waals surface area (Å²) in [4.78, 5) is 72.7. The smallest absolute Gasteiger partial charge is 0.462 e. The van der Waals surface area contributed by atoms with Gasteiger partial charge in [0.15, 0.2) is 12.2 Å². The van der Waals surface area contributed by atoms with Crippen LogP contribution in [-0.4, -0.2) is 96.7 Å². The predicted molar refractivity (Wildman–Crippen MR) is 390 cm³/mol. The molecular formula is C77H138O17P2. The number of unbranched alkanes of at least 4 members (excludes halogenated alkanes) is 34. The van der Waals surface area contributed by atoms with Crippen LogP contribution in [0.2, 0.25) is 0 Å². The summed E-state index contributed by atoms with van der Waals surface area (Å²) in [5.74, 6) is -2.19. The van der Waals surface area contributed by atoms with E-state index in [2.05, 4.69) is 101 Å². The molecule has 558 valence electrons. The molecule has 0 aliphatic heterocycles. The van der Waals surface area contributed by atoms with Crippen LogP contribution < -0.4 is 0 Å². The standard InChI is InChI=1S/C77H138O17P2/c1-5-9-13-17-21-25-29-31-33-34-35-36-38-39-43-46-50-54-58-62-75(80)88-68-73(94-77(82)64-60-56-52-48-44-40-37-32-30-26-22-18-14-10-6-2)70-92-96(85,86)90-66-71(78)65-89-95(83,84)91-69-72(93-76(81)63-59-55-51-47-42-28-24-20-16-12-8-4)67-87-74(79)61-57-53-49-45-41-27-23-19-15-11-7-3/h19,21-23,25-26,31-33,35-37,71-73,78H,5-18,20,24,27-30,34,38-70H2,1-4H3,(H,83,84)(H,85,86)/b23-19-,25-21-,26-22-,33-31-,36-35-,37-32-. The number of esters is 4. The maximum atomic E-state index is 13.1. The summed E-state index contributed by atoms with van der Waals surface area (Å²) < 4.78 is 68.4. The summed E-state index contributed by atoms with van der Waals surface area (Å²) >= 11 is 0. The highest BCUT2D eigenvalue weighted by Gasteiger charge is 2.30. The fourth-order valence-electron chi connectivity index (χ4n) is 10.2. The quantitative estimate of drug-likeness (QED) is 0.0169. The highest BCUT2D eigenvalue weighted by atomic mass is 31.2. The molecule has 17 nitrogen and oxygen atoms in total. The SMILES string of the molecule is CCCC/C=C\CCCCCCCC(=O)OCC(COP(=O)(O)OCC(O)COP(=O)(O)OCC(COC(=O)CCCCCCCC/C=C\C/C=C\C/C=C\CCCCC)OC(=O)CCCCCCC/C=C\C/C=C\CCCCC)OC(=O)CCCCCCCCCCCCC. The molecule has 0 amide bonds. The summed E-state index contributed by atoms with van der Waals surface area (Å²) in [5.41, 5.74) is 0. The van der Waals surface area contributed by atoms with E-state index in [1.54, 1.807) is 0 Å². The van der Waals surface area contributed by atoms with Crippen molar-refractivity contribution in [1.82, 2.24) is 0 Å². The van der Waals surface area contributed by atoms with Gasteiger partial charge in [-0.2, -0.15) is 0 Å². The Balaban J connectivity index is 5.31. The number of carbonyl (C=O) groups excluding carboxylic acids is 4. The van der Waals surface area contributed by atoms with Crippen molar-refractivity contribution in [2.24, 2.45) is 0 Å². The van der Waals surface area contributed by atoms with Crippen LogP contribution in [0.4, 0.5) is 0 Å². The molecule has 3 N–H and O–H groups in total. The van der Waals surface area contributed by atoms with E-state index in [9.17, 15) is 43.2 Å². The minimum Gasteiger partial charge on any atom is -0.462 e. The second kappa shape index (κ2) is 70.0. The Morgan fingerprint density at radius 3 is 0.844 bits per heavy atom. The zero-order valence-corrected chi connectivity index (χ0v) is 62.6. The Kier molecular flexibility index (Phi) is 67.4. The Bertz CT molecular complexity index is 2110. The van der Waals surface area contributed by atoms with Crippen LogP contribution in [0.15, 0.2) is 72.9 Å². The summed E-state index contributed by atoms with van der Waals surface area (Å²) in [7, 11) is -9.94. The molecule has 19 heteroatoms. The van der Waals surface area contributed by atoms with Crippen molar-refractivity contribution < 1.29 is 80.2 Å². The highest BCUT2D eigenvalue weighted by molar-refractivity contribution is 7.47. The van der Waals surface area contributed by atoms with E-state index in [0.717, 1.165) is 167 Å². The highest BCUT2D eigenvalue weighted by Crippen LogP contribution is 2.45. The fourth-order valence-corrected chi connectivity index (χ4v) is 11.8. The fraction of sp³-hybridized carbons (Fsp3) is 0.792. The Morgan fingerprint density at radius 1 is 0.292 bits per heavy atom. The lowest BCUT2D eigenvalue weighted by molar-refractivity contribution is -0.161. The monoisotopic (exact) mass is 1400 g/mol. The molecule has 0 radical (unpaired) electrons. The maximum absolute atomic E-state index is 13.1. The average Bonchev–Trinajstić information content (AvgIpc) is 1.17. The molecule has 0 saturated heterocycles. The molecule has 0 fully saturated rings. The third-order valence-corrected chi connectivity index (χ3v) is 18.0. The molecule has 0 aromatic rings. The minimum absolute atomic E-state index is 0.0781. The molecular weight excluding hydrogens is 1260 g/mol. The average molecular weight is 1400 g/mol. The summed E-state index contributed by atoms with van der Waals surface area (Å²) in [6.07, 6.45) is 68.9. The molecule has 0 heterocycles. The number of aliphatic hydroxyl groups excluding tert-OH is 1. The number of hydrogen-bond acceptors (Lipinski definition) is 15. The molecule has 0 aliphatic rings. The van der Waals surface area contributed by atoms with Crippen molar-refractivity contribution in [1.29, 1.82) is 0 Å². The molecule has 5 unspecified atom stereocenters. The van der Waals surface area contributed by atoms with Crippen LogP contribution >= 0.6 is 15.6 Å². The van der Waals surface area contributed by atoms with Crippen molar-refractivity contribution in [2.45, 2.75) is 354 Å². The van der Waals surface area contributed by atoms with Crippen molar-refractivity contribution >= 4 is 39.5 Å². The van der Waals surface area contributed by atoms with Gasteiger partial charge in [0, 0.05) is 25.7 Å². The van der Waals surface area contributed by atoms with Crippen molar-refractivity contribution in [3.8, 4) is 0 Å². The van der Waals surface area contributed by atoms with Gasteiger partial charge >= 0.3 is 39.5 Å². The van der Waals surface area contributed by atoms with Crippen LogP contribution in [0.1, 0.15) is 336 Å². The van der Waals surface area contributed by atoms with E-state index < -0.39 is 97.5 Å². The van der Waals surface area contributed by atoms with Crippen LogP contribution in [0.25, 0.3) is 0 Å². The normalized spacial score (nSPS) is 14.4. The molecule has 0 spiro atoms. The van der Waals surface area contributed by atoms with Crippen molar-refractivity contribution in [3.05, 3.63) is 72.9 Å². The number of ether oxygens (including phenoxy) is 4. The van der Waals surface area contributed by atoms with Crippen molar-refractivity contribution in [2.75, 3.05) is 39.6 Å². The van der Waals surface area contributed by atoms with Gasteiger partial charge in [0.25, 0.3) is 0 Å². The molecule has 0 aromatic carbocycles. The number of carbonyl (C=O) groups is 4. The zero-order chi connectivity index (χ0) is 70.4. The van der Waals surface area contributed by atoms with E-state index in [4.69, 9.17) is 37.0 Å². The van der Waals surface area contributed by atoms with Gasteiger partial charge in [-0.05, 0) is 116 Å². The predicted octanol–water partition coefficient (Wildman–Crippen LogP) is 21.7. The van der Waals surface area contributed by atoms with E-state index >= 15 is 0 Å². The molecule has 5 atom stereocenters. The molecule has 96 heavy (non-hydrogen) atoms. The largest absolute Gasteiger partial charge is 0.472 e. The van der Waals surface area contributed by atoms with Crippen LogP contribution in [0.3, 0.4) is 0 Å². The lowest BCUT2D eigenvalue weighted by Crippen LogP contribution is -2.30. The van der Waals surface area contributed by atoms with E-state index in [1.807, 2.05) is 0 Å². The first-order chi connectivity index (χ1) is 46.7. The van der Waals surface area contributed by atoms with Gasteiger partial charge in [0.05, 0.1) is 26.4 Å². The van der Waals surface area contributed by atoms with Gasteiger partial charge < -0.3 is 33.8 Å². The lowest BCUT2D eigenvalue weighted by atomic mass is 10.1. The molecule has 0 bridgehead atoms. The Hall–Kier alpha value is -3.50. The summed E-state index contributed by atoms with van der Waals surface area (Å²) in [5, 5.41) is 10.6. The Labute approximate surface area is 583 Å². The first-order valence-corrected chi connectivity index (χ1v) is 41.2. The first-order valence-electron chi connectivity index (χ1n) is 38.2. The third-order valence-electron chi connectivity index (χ3n) is 16.1.